The second-order valence-corrected chi connectivity index (χ2v) is 7.28. The molecule has 0 N–H and O–H groups in total. The van der Waals surface area contributed by atoms with Crippen LogP contribution in [0.15, 0.2) is 42.6 Å². The minimum Gasteiger partial charge on any atom is -0.457 e. The molecule has 0 fully saturated rings. The van der Waals surface area contributed by atoms with Crippen molar-refractivity contribution in [2.24, 2.45) is 0 Å². The van der Waals surface area contributed by atoms with Crippen molar-refractivity contribution in [1.29, 1.82) is 0 Å². The highest BCUT2D eigenvalue weighted by Crippen LogP contribution is 2.25. The van der Waals surface area contributed by atoms with Crippen LogP contribution in [0.3, 0.4) is 0 Å². The minimum absolute atomic E-state index is 0.312. The summed E-state index contributed by atoms with van der Waals surface area (Å²) in [5.41, 5.74) is 1.76. The average molecular weight is 381 g/mol. The summed E-state index contributed by atoms with van der Waals surface area (Å²) in [6.45, 7) is 7.37. The van der Waals surface area contributed by atoms with Gasteiger partial charge in [0, 0.05) is 12.1 Å². The zero-order chi connectivity index (χ0) is 20.3. The summed E-state index contributed by atoms with van der Waals surface area (Å²) in [5.74, 6) is -1.22. The van der Waals surface area contributed by atoms with Gasteiger partial charge < -0.3 is 9.47 Å². The number of carbonyl (C=O) groups excluding carboxylic acids is 2. The molecule has 0 spiro atoms. The number of benzene rings is 1. The van der Waals surface area contributed by atoms with Crippen LogP contribution in [0.25, 0.3) is 22.3 Å². The third-order valence-electron chi connectivity index (χ3n) is 3.94. The van der Waals surface area contributed by atoms with Gasteiger partial charge in [0.1, 0.15) is 5.60 Å². The Balaban J connectivity index is 1.94. The van der Waals surface area contributed by atoms with Crippen molar-refractivity contribution in [1.82, 2.24) is 14.8 Å². The van der Waals surface area contributed by atoms with E-state index in [2.05, 4.69) is 10.1 Å². The van der Waals surface area contributed by atoms with Gasteiger partial charge in [-0.1, -0.05) is 30.3 Å². The van der Waals surface area contributed by atoms with Gasteiger partial charge in [-0.05, 0) is 33.8 Å². The number of ether oxygens (including phenoxy) is 2. The first-order valence-electron chi connectivity index (χ1n) is 9.09. The Kier molecular flexibility index (Phi) is 5.44. The van der Waals surface area contributed by atoms with E-state index in [-0.39, 0.29) is 0 Å². The Bertz CT molecular complexity index is 1000. The number of rotatable bonds is 5. The second-order valence-electron chi connectivity index (χ2n) is 7.28. The van der Waals surface area contributed by atoms with E-state index in [4.69, 9.17) is 9.47 Å². The van der Waals surface area contributed by atoms with Crippen molar-refractivity contribution in [2.45, 2.75) is 39.8 Å². The number of aryl methyl sites for hydroxylation is 1. The molecule has 3 rings (SSSR count). The van der Waals surface area contributed by atoms with E-state index in [0.29, 0.717) is 28.8 Å². The molecule has 0 aliphatic carbocycles. The van der Waals surface area contributed by atoms with Gasteiger partial charge in [0.2, 0.25) is 0 Å². The third kappa shape index (κ3) is 4.36. The summed E-state index contributed by atoms with van der Waals surface area (Å²) in [6, 6.07) is 11.2. The summed E-state index contributed by atoms with van der Waals surface area (Å²) in [7, 11) is 0. The average Bonchev–Trinajstić information content (AvgIpc) is 3.07. The van der Waals surface area contributed by atoms with Crippen LogP contribution in [0.1, 0.15) is 38.1 Å². The SMILES string of the molecule is CCn1ncc2c(C(=O)OCC(=O)OC(C)(C)C)cc(-c3ccccc3)nc21. The lowest BCUT2D eigenvalue weighted by atomic mass is 10.1. The second kappa shape index (κ2) is 7.80. The number of aromatic nitrogens is 3. The van der Waals surface area contributed by atoms with Crippen LogP contribution in [-0.2, 0) is 20.8 Å². The molecule has 7 nitrogen and oxygen atoms in total. The maximum Gasteiger partial charge on any atom is 0.344 e. The van der Waals surface area contributed by atoms with E-state index < -0.39 is 24.1 Å². The normalized spacial score (nSPS) is 11.4. The van der Waals surface area contributed by atoms with Gasteiger partial charge in [0.25, 0.3) is 0 Å². The molecule has 0 amide bonds. The summed E-state index contributed by atoms with van der Waals surface area (Å²) in [4.78, 5) is 29.2. The van der Waals surface area contributed by atoms with E-state index in [1.54, 1.807) is 37.7 Å². The highest BCUT2D eigenvalue weighted by atomic mass is 16.6. The molecular formula is C21H23N3O4. The number of pyridine rings is 1. The number of hydrogen-bond donors (Lipinski definition) is 0. The monoisotopic (exact) mass is 381 g/mol. The molecule has 0 aliphatic heterocycles. The minimum atomic E-state index is -0.643. The first-order valence-corrected chi connectivity index (χ1v) is 9.09. The van der Waals surface area contributed by atoms with E-state index in [1.165, 1.54) is 0 Å². The van der Waals surface area contributed by atoms with Crippen molar-refractivity contribution >= 4 is 23.0 Å². The number of fused-ring (bicyclic) bond motifs is 1. The summed E-state index contributed by atoms with van der Waals surface area (Å²) < 4.78 is 12.1. The molecule has 1 aromatic carbocycles. The van der Waals surface area contributed by atoms with Crippen molar-refractivity contribution < 1.29 is 19.1 Å². The maximum absolute atomic E-state index is 12.7. The number of carbonyl (C=O) groups is 2. The third-order valence-corrected chi connectivity index (χ3v) is 3.94. The Hall–Kier alpha value is -3.22. The molecule has 0 saturated heterocycles. The standard InChI is InChI=1S/C21H23N3O4/c1-5-24-19-16(12-22-24)15(11-17(23-19)14-9-7-6-8-10-14)20(26)27-13-18(25)28-21(2,3)4/h6-12H,5,13H2,1-4H3. The predicted octanol–water partition coefficient (Wildman–Crippen LogP) is 3.62. The van der Waals surface area contributed by atoms with E-state index in [1.807, 2.05) is 37.3 Å². The molecule has 0 saturated carbocycles. The zero-order valence-electron chi connectivity index (χ0n) is 16.4. The maximum atomic E-state index is 12.7. The molecule has 7 heteroatoms. The van der Waals surface area contributed by atoms with Crippen LogP contribution in [0.4, 0.5) is 0 Å². The summed E-state index contributed by atoms with van der Waals surface area (Å²) in [5, 5.41) is 4.87. The van der Waals surface area contributed by atoms with Crippen LogP contribution < -0.4 is 0 Å². The van der Waals surface area contributed by atoms with E-state index >= 15 is 0 Å². The van der Waals surface area contributed by atoms with Gasteiger partial charge in [-0.3, -0.25) is 0 Å². The first kappa shape index (κ1) is 19.5. The summed E-state index contributed by atoms with van der Waals surface area (Å²) in [6.07, 6.45) is 1.59. The van der Waals surface area contributed by atoms with Gasteiger partial charge in [-0.25, -0.2) is 19.3 Å². The quantitative estimate of drug-likeness (QED) is 0.628. The van der Waals surface area contributed by atoms with Crippen molar-refractivity contribution in [3.8, 4) is 11.3 Å². The Morgan fingerprint density at radius 1 is 1.14 bits per heavy atom. The zero-order valence-corrected chi connectivity index (χ0v) is 16.4. The first-order chi connectivity index (χ1) is 13.3. The Morgan fingerprint density at radius 2 is 1.86 bits per heavy atom. The molecule has 28 heavy (non-hydrogen) atoms. The number of hydrogen-bond acceptors (Lipinski definition) is 6. The molecule has 2 aromatic heterocycles. The van der Waals surface area contributed by atoms with Gasteiger partial charge in [0.15, 0.2) is 12.3 Å². The van der Waals surface area contributed by atoms with E-state index in [0.717, 1.165) is 5.56 Å². The molecule has 0 atom stereocenters. The largest absolute Gasteiger partial charge is 0.457 e. The molecule has 0 radical (unpaired) electrons. The predicted molar refractivity (Wildman–Crippen MR) is 105 cm³/mol. The topological polar surface area (TPSA) is 83.3 Å². The van der Waals surface area contributed by atoms with Crippen molar-refractivity contribution in [3.63, 3.8) is 0 Å². The Morgan fingerprint density at radius 3 is 2.50 bits per heavy atom. The molecular weight excluding hydrogens is 358 g/mol. The van der Waals surface area contributed by atoms with Crippen LogP contribution in [-0.4, -0.2) is 38.9 Å². The van der Waals surface area contributed by atoms with Crippen molar-refractivity contribution in [2.75, 3.05) is 6.61 Å². The lowest BCUT2D eigenvalue weighted by molar-refractivity contribution is -0.158. The van der Waals surface area contributed by atoms with Gasteiger partial charge in [-0.15, -0.1) is 0 Å². The van der Waals surface area contributed by atoms with E-state index in [9.17, 15) is 9.59 Å². The van der Waals surface area contributed by atoms with Crippen LogP contribution in [0.2, 0.25) is 0 Å². The lowest BCUT2D eigenvalue weighted by Crippen LogP contribution is -2.27. The van der Waals surface area contributed by atoms with Crippen molar-refractivity contribution in [3.05, 3.63) is 48.2 Å². The fourth-order valence-corrected chi connectivity index (χ4v) is 2.78. The number of nitrogens with zero attached hydrogens (tertiary/aromatic N) is 3. The highest BCUT2D eigenvalue weighted by Gasteiger charge is 2.21. The Labute approximate surface area is 163 Å². The molecule has 2 heterocycles. The van der Waals surface area contributed by atoms with Crippen LogP contribution in [0, 0.1) is 0 Å². The van der Waals surface area contributed by atoms with Gasteiger partial charge in [-0.2, -0.15) is 5.10 Å². The van der Waals surface area contributed by atoms with Crippen LogP contribution >= 0.6 is 0 Å². The summed E-state index contributed by atoms with van der Waals surface area (Å²) >= 11 is 0. The van der Waals surface area contributed by atoms with Gasteiger partial charge >= 0.3 is 11.9 Å². The van der Waals surface area contributed by atoms with Crippen LogP contribution in [0.5, 0.6) is 0 Å². The lowest BCUT2D eigenvalue weighted by Gasteiger charge is -2.19. The molecule has 3 aromatic rings. The fraction of sp³-hybridized carbons (Fsp3) is 0.333. The molecule has 0 bridgehead atoms. The molecule has 0 aliphatic rings. The fourth-order valence-electron chi connectivity index (χ4n) is 2.78. The molecule has 146 valence electrons. The smallest absolute Gasteiger partial charge is 0.344 e. The molecule has 0 unspecified atom stereocenters. The van der Waals surface area contributed by atoms with Gasteiger partial charge in [0.05, 0.1) is 22.8 Å². The highest BCUT2D eigenvalue weighted by molar-refractivity contribution is 6.04. The number of esters is 2.